The van der Waals surface area contributed by atoms with Gasteiger partial charge in [0.05, 0.1) is 0 Å². The number of carboxylic acids is 1. The molecule has 0 spiro atoms. The van der Waals surface area contributed by atoms with Gasteiger partial charge in [-0.15, -0.1) is 11.6 Å². The molecule has 5 heteroatoms. The first-order chi connectivity index (χ1) is 8.10. The average Bonchev–Trinajstić information content (AvgIpc) is 2.65. The van der Waals surface area contributed by atoms with E-state index in [0.29, 0.717) is 25.3 Å². The Morgan fingerprint density at radius 1 is 1.59 bits per heavy atom. The first kappa shape index (κ1) is 14.3. The van der Waals surface area contributed by atoms with Gasteiger partial charge < -0.3 is 10.0 Å². The van der Waals surface area contributed by atoms with Crippen molar-refractivity contribution in [2.75, 3.05) is 12.4 Å². The smallest absolute Gasteiger partial charge is 0.326 e. The number of alkyl halides is 1. The Bertz CT molecular complexity index is 283. The van der Waals surface area contributed by atoms with Crippen LogP contribution in [0.15, 0.2) is 0 Å². The van der Waals surface area contributed by atoms with E-state index in [2.05, 4.69) is 6.92 Å². The van der Waals surface area contributed by atoms with Gasteiger partial charge in [-0.1, -0.05) is 26.2 Å². The number of aliphatic carboxylic acids is 1. The zero-order chi connectivity index (χ0) is 12.8. The van der Waals surface area contributed by atoms with Crippen molar-refractivity contribution in [3.63, 3.8) is 0 Å². The predicted octanol–water partition coefficient (Wildman–Crippen LogP) is 2.11. The number of carboxylic acid groups (broad SMARTS) is 1. The third-order valence-corrected chi connectivity index (χ3v) is 3.64. The molecular weight excluding hydrogens is 242 g/mol. The molecule has 1 unspecified atom stereocenters. The number of amides is 1. The molecule has 17 heavy (non-hydrogen) atoms. The Kier molecular flexibility index (Phi) is 5.75. The minimum Gasteiger partial charge on any atom is -0.480 e. The number of carbonyl (C=O) groups excluding carboxylic acids is 1. The first-order valence-electron chi connectivity index (χ1n) is 6.18. The Hall–Kier alpha value is -0.770. The van der Waals surface area contributed by atoms with Crippen LogP contribution in [-0.2, 0) is 9.59 Å². The zero-order valence-corrected chi connectivity index (χ0v) is 10.9. The fourth-order valence-electron chi connectivity index (χ4n) is 2.21. The summed E-state index contributed by atoms with van der Waals surface area (Å²) in [5.74, 6) is -0.440. The van der Waals surface area contributed by atoms with Crippen LogP contribution in [0.2, 0.25) is 0 Å². The van der Waals surface area contributed by atoms with Crippen molar-refractivity contribution in [3.8, 4) is 0 Å². The summed E-state index contributed by atoms with van der Waals surface area (Å²) >= 11 is 5.72. The van der Waals surface area contributed by atoms with Crippen LogP contribution >= 0.6 is 11.6 Å². The number of unbranched alkanes of at least 4 members (excludes halogenated alkanes) is 2. The highest BCUT2D eigenvalue weighted by atomic mass is 35.5. The second kappa shape index (κ2) is 6.84. The van der Waals surface area contributed by atoms with Gasteiger partial charge in [-0.3, -0.25) is 4.79 Å². The van der Waals surface area contributed by atoms with Crippen LogP contribution in [0.1, 0.15) is 39.0 Å². The van der Waals surface area contributed by atoms with Crippen molar-refractivity contribution in [2.24, 2.45) is 5.92 Å². The van der Waals surface area contributed by atoms with Gasteiger partial charge in [-0.05, 0) is 12.3 Å². The second-order valence-corrected chi connectivity index (χ2v) is 4.93. The molecule has 1 rings (SSSR count). The molecule has 1 fully saturated rings. The summed E-state index contributed by atoms with van der Waals surface area (Å²) in [7, 11) is 0. The average molecular weight is 262 g/mol. The number of hydrogen-bond acceptors (Lipinski definition) is 2. The van der Waals surface area contributed by atoms with Gasteiger partial charge in [0.15, 0.2) is 0 Å². The van der Waals surface area contributed by atoms with Crippen molar-refractivity contribution >= 4 is 23.5 Å². The van der Waals surface area contributed by atoms with E-state index in [0.717, 1.165) is 19.3 Å². The van der Waals surface area contributed by atoms with E-state index in [4.69, 9.17) is 11.6 Å². The SMILES string of the molecule is CCCCC[C@@H](C(=O)O)N1CC(CCl)CC1=O. The maximum atomic E-state index is 11.7. The molecule has 0 aromatic rings. The van der Waals surface area contributed by atoms with Crippen LogP contribution in [0.5, 0.6) is 0 Å². The zero-order valence-electron chi connectivity index (χ0n) is 10.2. The molecule has 1 saturated heterocycles. The molecule has 1 amide bonds. The van der Waals surface area contributed by atoms with Gasteiger partial charge in [-0.25, -0.2) is 4.79 Å². The molecule has 1 heterocycles. The molecule has 1 N–H and O–H groups in total. The van der Waals surface area contributed by atoms with Crippen molar-refractivity contribution in [3.05, 3.63) is 0 Å². The van der Waals surface area contributed by atoms with Crippen LogP contribution in [0.4, 0.5) is 0 Å². The van der Waals surface area contributed by atoms with Crippen LogP contribution in [0.25, 0.3) is 0 Å². The van der Waals surface area contributed by atoms with Crippen molar-refractivity contribution in [2.45, 2.75) is 45.1 Å². The van der Waals surface area contributed by atoms with E-state index >= 15 is 0 Å². The number of halogens is 1. The van der Waals surface area contributed by atoms with Crippen LogP contribution < -0.4 is 0 Å². The lowest BCUT2D eigenvalue weighted by Gasteiger charge is -2.24. The Balaban J connectivity index is 2.58. The summed E-state index contributed by atoms with van der Waals surface area (Å²) in [4.78, 5) is 24.4. The number of nitrogens with zero attached hydrogens (tertiary/aromatic N) is 1. The third kappa shape index (κ3) is 3.87. The maximum Gasteiger partial charge on any atom is 0.326 e. The molecule has 98 valence electrons. The van der Waals surface area contributed by atoms with Crippen LogP contribution in [0.3, 0.4) is 0 Å². The molecule has 0 saturated carbocycles. The van der Waals surface area contributed by atoms with E-state index in [-0.39, 0.29) is 11.8 Å². The minimum atomic E-state index is -0.898. The normalized spacial score (nSPS) is 21.9. The molecule has 2 atom stereocenters. The molecule has 0 aliphatic carbocycles. The molecule has 0 bridgehead atoms. The highest BCUT2D eigenvalue weighted by Gasteiger charge is 2.36. The Morgan fingerprint density at radius 2 is 2.29 bits per heavy atom. The van der Waals surface area contributed by atoms with Crippen LogP contribution in [0, 0.1) is 5.92 Å². The predicted molar refractivity (Wildman–Crippen MR) is 66.1 cm³/mol. The Labute approximate surface area is 107 Å². The van der Waals surface area contributed by atoms with Gasteiger partial charge in [0.1, 0.15) is 6.04 Å². The summed E-state index contributed by atoms with van der Waals surface area (Å²) < 4.78 is 0. The van der Waals surface area contributed by atoms with E-state index in [1.165, 1.54) is 4.90 Å². The molecule has 0 radical (unpaired) electrons. The van der Waals surface area contributed by atoms with E-state index < -0.39 is 12.0 Å². The number of hydrogen-bond donors (Lipinski definition) is 1. The molecule has 0 aromatic heterocycles. The summed E-state index contributed by atoms with van der Waals surface area (Å²) in [6.07, 6.45) is 3.84. The number of rotatable bonds is 7. The van der Waals surface area contributed by atoms with Crippen molar-refractivity contribution in [1.29, 1.82) is 0 Å². The molecule has 0 aromatic carbocycles. The number of carbonyl (C=O) groups is 2. The van der Waals surface area contributed by atoms with Crippen molar-refractivity contribution < 1.29 is 14.7 Å². The van der Waals surface area contributed by atoms with Gasteiger partial charge in [0.2, 0.25) is 5.91 Å². The van der Waals surface area contributed by atoms with Crippen LogP contribution in [-0.4, -0.2) is 40.3 Å². The van der Waals surface area contributed by atoms with Gasteiger partial charge in [0.25, 0.3) is 0 Å². The first-order valence-corrected chi connectivity index (χ1v) is 6.71. The van der Waals surface area contributed by atoms with Crippen molar-refractivity contribution in [1.82, 2.24) is 4.90 Å². The van der Waals surface area contributed by atoms with E-state index in [1.54, 1.807) is 0 Å². The van der Waals surface area contributed by atoms with Gasteiger partial charge in [0, 0.05) is 18.8 Å². The lowest BCUT2D eigenvalue weighted by Crippen LogP contribution is -2.42. The summed E-state index contributed by atoms with van der Waals surface area (Å²) in [5.41, 5.74) is 0. The lowest BCUT2D eigenvalue weighted by molar-refractivity contribution is -0.148. The summed E-state index contributed by atoms with van der Waals surface area (Å²) in [6.45, 7) is 2.56. The highest BCUT2D eigenvalue weighted by Crippen LogP contribution is 2.23. The maximum absolute atomic E-state index is 11.7. The van der Waals surface area contributed by atoms with Gasteiger partial charge in [-0.2, -0.15) is 0 Å². The molecule has 4 nitrogen and oxygen atoms in total. The third-order valence-electron chi connectivity index (χ3n) is 3.20. The minimum absolute atomic E-state index is 0.0699. The fraction of sp³-hybridized carbons (Fsp3) is 0.833. The summed E-state index contributed by atoms with van der Waals surface area (Å²) in [5, 5.41) is 9.18. The molecule has 1 aliphatic rings. The van der Waals surface area contributed by atoms with E-state index in [9.17, 15) is 14.7 Å². The topological polar surface area (TPSA) is 57.6 Å². The molecule has 1 aliphatic heterocycles. The number of likely N-dealkylation sites (tertiary alicyclic amines) is 1. The fourth-order valence-corrected chi connectivity index (χ4v) is 2.42. The van der Waals surface area contributed by atoms with Gasteiger partial charge >= 0.3 is 5.97 Å². The summed E-state index contributed by atoms with van der Waals surface area (Å²) in [6, 6.07) is -0.665. The highest BCUT2D eigenvalue weighted by molar-refractivity contribution is 6.18. The second-order valence-electron chi connectivity index (χ2n) is 4.62. The molecular formula is C12H20ClNO3. The van der Waals surface area contributed by atoms with E-state index in [1.807, 2.05) is 0 Å². The lowest BCUT2D eigenvalue weighted by atomic mass is 10.1. The quantitative estimate of drug-likeness (QED) is 0.564. The Morgan fingerprint density at radius 3 is 2.76 bits per heavy atom. The standard InChI is InChI=1S/C12H20ClNO3/c1-2-3-4-5-10(12(16)17)14-8-9(7-13)6-11(14)15/h9-10H,2-8H2,1H3,(H,16,17)/t9?,10-/m0/s1. The largest absolute Gasteiger partial charge is 0.480 e. The monoisotopic (exact) mass is 261 g/mol.